The van der Waals surface area contributed by atoms with E-state index >= 15 is 0 Å². The van der Waals surface area contributed by atoms with E-state index in [9.17, 15) is 19.5 Å². The highest BCUT2D eigenvalue weighted by atomic mass is 32.1. The van der Waals surface area contributed by atoms with Crippen molar-refractivity contribution in [2.45, 2.75) is 40.3 Å². The minimum atomic E-state index is -0.969. The van der Waals surface area contributed by atoms with Crippen LogP contribution in [0.25, 0.3) is 5.76 Å². The van der Waals surface area contributed by atoms with Crippen molar-refractivity contribution in [2.24, 2.45) is 0 Å². The summed E-state index contributed by atoms with van der Waals surface area (Å²) in [5.41, 5.74) is 3.50. The molecule has 214 valence electrons. The molecule has 1 aliphatic heterocycles. The number of carbonyl (C=O) groups is 3. The van der Waals surface area contributed by atoms with Crippen LogP contribution in [0, 0.1) is 13.8 Å². The van der Waals surface area contributed by atoms with Gasteiger partial charge in [-0.2, -0.15) is 0 Å². The minimum absolute atomic E-state index is 0.0742. The summed E-state index contributed by atoms with van der Waals surface area (Å²) in [5, 5.41) is 11.7. The molecule has 5 rings (SSSR count). The predicted molar refractivity (Wildman–Crippen MR) is 161 cm³/mol. The number of nitrogens with zero attached hydrogens (tertiary/aromatic N) is 2. The second kappa shape index (κ2) is 12.0. The van der Waals surface area contributed by atoms with Crippen LogP contribution in [-0.4, -0.2) is 34.2 Å². The van der Waals surface area contributed by atoms with E-state index in [1.807, 2.05) is 38.1 Å². The molecule has 2 heterocycles. The number of aromatic nitrogens is 1. The topological polar surface area (TPSA) is 106 Å². The van der Waals surface area contributed by atoms with Gasteiger partial charge in [0.05, 0.1) is 28.8 Å². The summed E-state index contributed by atoms with van der Waals surface area (Å²) in [6, 6.07) is 20.7. The number of hydrogen-bond acceptors (Lipinski definition) is 8. The van der Waals surface area contributed by atoms with Gasteiger partial charge >= 0.3 is 5.91 Å². The molecule has 8 nitrogen and oxygen atoms in total. The van der Waals surface area contributed by atoms with Gasteiger partial charge in [0.2, 0.25) is 0 Å². The average molecular weight is 583 g/mol. The molecule has 9 heteroatoms. The molecule has 1 amide bonds. The Labute approximate surface area is 247 Å². The maximum absolute atomic E-state index is 13.5. The van der Waals surface area contributed by atoms with E-state index in [2.05, 4.69) is 4.98 Å². The second-order valence-corrected chi connectivity index (χ2v) is 10.9. The molecule has 0 aliphatic carbocycles. The van der Waals surface area contributed by atoms with Crippen molar-refractivity contribution in [3.05, 3.63) is 111 Å². The number of thiazole rings is 1. The lowest BCUT2D eigenvalue weighted by Crippen LogP contribution is -2.29. The van der Waals surface area contributed by atoms with Gasteiger partial charge in [-0.1, -0.05) is 53.3 Å². The van der Waals surface area contributed by atoms with Crippen molar-refractivity contribution >= 4 is 39.7 Å². The van der Waals surface area contributed by atoms with Crippen LogP contribution < -0.4 is 14.4 Å². The molecule has 3 aromatic carbocycles. The predicted octanol–water partition coefficient (Wildman–Crippen LogP) is 6.57. The quantitative estimate of drug-likeness (QED) is 0.103. The number of aryl methyl sites for hydroxylation is 2. The Hall–Kier alpha value is -4.76. The van der Waals surface area contributed by atoms with Crippen LogP contribution in [0.15, 0.2) is 78.4 Å². The van der Waals surface area contributed by atoms with Crippen LogP contribution in [0.3, 0.4) is 0 Å². The Morgan fingerprint density at radius 3 is 2.26 bits per heavy atom. The lowest BCUT2D eigenvalue weighted by Gasteiger charge is -2.23. The number of carbonyl (C=O) groups excluding carboxylic acids is 3. The Morgan fingerprint density at radius 2 is 1.64 bits per heavy atom. The van der Waals surface area contributed by atoms with E-state index in [1.165, 1.54) is 11.8 Å². The van der Waals surface area contributed by atoms with Gasteiger partial charge < -0.3 is 14.6 Å². The second-order valence-electron chi connectivity index (χ2n) is 9.94. The maximum Gasteiger partial charge on any atom is 0.301 e. The van der Waals surface area contributed by atoms with Crippen molar-refractivity contribution in [3.63, 3.8) is 0 Å². The number of aliphatic hydroxyl groups excluding tert-OH is 1. The molecular formula is C33H30N2O6S. The molecule has 1 atom stereocenters. The van der Waals surface area contributed by atoms with E-state index in [4.69, 9.17) is 9.47 Å². The fourth-order valence-electron chi connectivity index (χ4n) is 4.90. The van der Waals surface area contributed by atoms with Crippen molar-refractivity contribution in [2.75, 3.05) is 11.5 Å². The van der Waals surface area contributed by atoms with Crippen molar-refractivity contribution in [3.8, 4) is 11.5 Å². The smallest absolute Gasteiger partial charge is 0.301 e. The third-order valence-corrected chi connectivity index (χ3v) is 8.14. The lowest BCUT2D eigenvalue weighted by molar-refractivity contribution is -0.132. The number of aliphatic hydroxyl groups is 1. The first kappa shape index (κ1) is 28.8. The van der Waals surface area contributed by atoms with Crippen molar-refractivity contribution in [1.29, 1.82) is 0 Å². The number of rotatable bonds is 9. The highest BCUT2D eigenvalue weighted by Crippen LogP contribution is 2.44. The minimum Gasteiger partial charge on any atom is -0.507 e. The van der Waals surface area contributed by atoms with Gasteiger partial charge in [0.25, 0.3) is 5.78 Å². The molecule has 0 spiro atoms. The molecular weight excluding hydrogens is 552 g/mol. The van der Waals surface area contributed by atoms with E-state index in [-0.39, 0.29) is 22.2 Å². The van der Waals surface area contributed by atoms with E-state index in [0.717, 1.165) is 22.5 Å². The maximum atomic E-state index is 13.5. The molecule has 1 aliphatic rings. The number of anilines is 1. The number of benzene rings is 3. The molecule has 1 saturated heterocycles. The zero-order chi connectivity index (χ0) is 30.0. The van der Waals surface area contributed by atoms with Crippen LogP contribution >= 0.6 is 11.3 Å². The molecule has 1 aromatic heterocycles. The monoisotopic (exact) mass is 582 g/mol. The standard InChI is InChI=1S/C33H30N2O6S/c1-5-40-25-13-9-23(10-14-25)28-27(30(38)32(39)35(28)33-34-20(3)31(42-33)21(4)36)29(37)24-11-15-26(16-12-24)41-18-22-8-6-7-19(2)17-22/h6-17,28,37H,5,18H2,1-4H3. The SMILES string of the molecule is CCOc1ccc(C2C(=C(O)c3ccc(OCc4cccc(C)c4)cc3)C(=O)C(=O)N2c2nc(C)c(C(C)=O)s2)cc1. The number of hydrogen-bond donors (Lipinski definition) is 1. The molecule has 0 bridgehead atoms. The lowest BCUT2D eigenvalue weighted by atomic mass is 9.95. The van der Waals surface area contributed by atoms with Gasteiger partial charge in [-0.15, -0.1) is 0 Å². The number of Topliss-reactive ketones (excluding diaryl/α,β-unsaturated/α-hetero) is 2. The summed E-state index contributed by atoms with van der Waals surface area (Å²) >= 11 is 1.04. The summed E-state index contributed by atoms with van der Waals surface area (Å²) in [4.78, 5) is 45.2. The third kappa shape index (κ3) is 5.69. The van der Waals surface area contributed by atoms with Crippen molar-refractivity contribution < 1.29 is 29.0 Å². The van der Waals surface area contributed by atoms with Crippen LogP contribution in [0.1, 0.15) is 57.5 Å². The van der Waals surface area contributed by atoms with Gasteiger partial charge in [-0.25, -0.2) is 4.98 Å². The summed E-state index contributed by atoms with van der Waals surface area (Å²) < 4.78 is 11.5. The van der Waals surface area contributed by atoms with Gasteiger partial charge in [-0.05, 0) is 68.3 Å². The summed E-state index contributed by atoms with van der Waals surface area (Å²) in [7, 11) is 0. The summed E-state index contributed by atoms with van der Waals surface area (Å²) in [5.74, 6) is -0.967. The first-order chi connectivity index (χ1) is 20.2. The normalized spacial score (nSPS) is 16.1. The van der Waals surface area contributed by atoms with Crippen LogP contribution in [0.5, 0.6) is 11.5 Å². The average Bonchev–Trinajstić information content (AvgIpc) is 3.49. The molecule has 0 radical (unpaired) electrons. The Bertz CT molecular complexity index is 1690. The summed E-state index contributed by atoms with van der Waals surface area (Å²) in [6.07, 6.45) is 0. The number of ether oxygens (including phenoxy) is 2. The van der Waals surface area contributed by atoms with Gasteiger partial charge in [0.15, 0.2) is 10.9 Å². The fraction of sp³-hybridized carbons (Fsp3) is 0.212. The fourth-order valence-corrected chi connectivity index (χ4v) is 5.89. The zero-order valence-corrected chi connectivity index (χ0v) is 24.5. The number of ketones is 2. The Kier molecular flexibility index (Phi) is 8.22. The van der Waals surface area contributed by atoms with Crippen LogP contribution in [0.2, 0.25) is 0 Å². The van der Waals surface area contributed by atoms with Crippen LogP contribution in [-0.2, 0) is 16.2 Å². The first-order valence-corrected chi connectivity index (χ1v) is 14.3. The van der Waals surface area contributed by atoms with E-state index in [1.54, 1.807) is 55.5 Å². The number of amides is 1. The Morgan fingerprint density at radius 1 is 0.976 bits per heavy atom. The highest BCUT2D eigenvalue weighted by molar-refractivity contribution is 7.18. The molecule has 1 fully saturated rings. The Balaban J connectivity index is 1.53. The molecule has 0 saturated carbocycles. The van der Waals surface area contributed by atoms with Gasteiger partial charge in [0.1, 0.15) is 23.9 Å². The third-order valence-electron chi connectivity index (χ3n) is 6.88. The molecule has 1 unspecified atom stereocenters. The highest BCUT2D eigenvalue weighted by Gasteiger charge is 2.48. The largest absolute Gasteiger partial charge is 0.507 e. The van der Waals surface area contributed by atoms with Gasteiger partial charge in [0, 0.05) is 12.5 Å². The van der Waals surface area contributed by atoms with E-state index < -0.39 is 17.7 Å². The van der Waals surface area contributed by atoms with Gasteiger partial charge in [-0.3, -0.25) is 19.3 Å². The molecule has 1 N–H and O–H groups in total. The first-order valence-electron chi connectivity index (χ1n) is 13.5. The zero-order valence-electron chi connectivity index (χ0n) is 23.7. The molecule has 4 aromatic rings. The van der Waals surface area contributed by atoms with Crippen LogP contribution in [0.4, 0.5) is 5.13 Å². The summed E-state index contributed by atoms with van der Waals surface area (Å²) in [6.45, 7) is 7.86. The van der Waals surface area contributed by atoms with E-state index in [0.29, 0.717) is 46.4 Å². The van der Waals surface area contributed by atoms with Crippen molar-refractivity contribution in [1.82, 2.24) is 4.98 Å². The molecule has 42 heavy (non-hydrogen) atoms.